The highest BCUT2D eigenvalue weighted by Gasteiger charge is 2.35. The number of hydrogen-bond acceptors (Lipinski definition) is 3. The molecule has 1 aliphatic rings. The van der Waals surface area contributed by atoms with E-state index in [2.05, 4.69) is 22.5 Å². The van der Waals surface area contributed by atoms with Crippen LogP contribution < -0.4 is 16.0 Å². The third kappa shape index (κ3) is 5.15. The molecular formula is C25H27F4N3. The van der Waals surface area contributed by atoms with Crippen molar-refractivity contribution < 1.29 is 17.6 Å². The van der Waals surface area contributed by atoms with Crippen molar-refractivity contribution >= 4 is 11.4 Å². The van der Waals surface area contributed by atoms with Crippen LogP contribution in [0.5, 0.6) is 0 Å². The Labute approximate surface area is 185 Å². The van der Waals surface area contributed by atoms with E-state index in [1.54, 1.807) is 18.2 Å². The van der Waals surface area contributed by atoms with Crippen molar-refractivity contribution in [2.75, 3.05) is 11.9 Å². The zero-order valence-corrected chi connectivity index (χ0v) is 18.3. The highest BCUT2D eigenvalue weighted by Crippen LogP contribution is 2.37. The Morgan fingerprint density at radius 2 is 1.84 bits per heavy atom. The molecule has 2 aromatic carbocycles. The summed E-state index contributed by atoms with van der Waals surface area (Å²) in [5.74, 6) is -0.398. The second-order valence-electron chi connectivity index (χ2n) is 7.76. The first-order valence-electron chi connectivity index (χ1n) is 10.4. The van der Waals surface area contributed by atoms with Crippen molar-refractivity contribution in [2.24, 2.45) is 0 Å². The Morgan fingerprint density at radius 3 is 2.53 bits per heavy atom. The fourth-order valence-electron chi connectivity index (χ4n) is 3.62. The van der Waals surface area contributed by atoms with Crippen molar-refractivity contribution in [3.05, 3.63) is 94.6 Å². The molecule has 0 bridgehead atoms. The topological polar surface area (TPSA) is 36.1 Å². The van der Waals surface area contributed by atoms with Gasteiger partial charge in [0.25, 0.3) is 0 Å². The Hall–Kier alpha value is -3.22. The van der Waals surface area contributed by atoms with Crippen LogP contribution in [0.25, 0.3) is 5.70 Å². The molecule has 2 aromatic rings. The van der Waals surface area contributed by atoms with E-state index < -0.39 is 23.6 Å². The van der Waals surface area contributed by atoms with Gasteiger partial charge in [0, 0.05) is 34.9 Å². The van der Waals surface area contributed by atoms with Crippen LogP contribution in [-0.2, 0) is 6.18 Å². The number of alkyl halides is 3. The molecule has 1 aliphatic heterocycles. The van der Waals surface area contributed by atoms with Gasteiger partial charge in [-0.05, 0) is 61.7 Å². The van der Waals surface area contributed by atoms with Crippen LogP contribution >= 0.6 is 0 Å². The van der Waals surface area contributed by atoms with E-state index in [0.29, 0.717) is 23.5 Å². The van der Waals surface area contributed by atoms with Crippen LogP contribution in [0.4, 0.5) is 23.2 Å². The fraction of sp³-hybridized carbons (Fsp3) is 0.280. The minimum atomic E-state index is -4.46. The largest absolute Gasteiger partial charge is 0.416 e. The molecule has 0 aromatic heterocycles. The molecule has 32 heavy (non-hydrogen) atoms. The van der Waals surface area contributed by atoms with Gasteiger partial charge in [-0.15, -0.1) is 0 Å². The predicted molar refractivity (Wildman–Crippen MR) is 121 cm³/mol. The number of halogens is 4. The molecule has 0 saturated carbocycles. The van der Waals surface area contributed by atoms with Crippen LogP contribution in [0, 0.1) is 5.82 Å². The molecule has 7 heteroatoms. The summed E-state index contributed by atoms with van der Waals surface area (Å²) in [4.78, 5) is 0. The van der Waals surface area contributed by atoms with Gasteiger partial charge in [-0.25, -0.2) is 4.39 Å². The zero-order valence-electron chi connectivity index (χ0n) is 18.3. The molecule has 0 radical (unpaired) electrons. The summed E-state index contributed by atoms with van der Waals surface area (Å²) in [6.45, 7) is 10.5. The molecule has 0 saturated heterocycles. The van der Waals surface area contributed by atoms with Crippen LogP contribution in [0.1, 0.15) is 49.9 Å². The number of hydrogen-bond donors (Lipinski definition) is 3. The van der Waals surface area contributed by atoms with Crippen molar-refractivity contribution in [2.45, 2.75) is 39.4 Å². The lowest BCUT2D eigenvalue weighted by molar-refractivity contribution is -0.138. The Morgan fingerprint density at radius 1 is 1.12 bits per heavy atom. The van der Waals surface area contributed by atoms with E-state index in [1.165, 1.54) is 24.3 Å². The maximum Gasteiger partial charge on any atom is 0.416 e. The third-order valence-corrected chi connectivity index (χ3v) is 5.43. The van der Waals surface area contributed by atoms with Gasteiger partial charge >= 0.3 is 6.18 Å². The van der Waals surface area contributed by atoms with E-state index in [0.717, 1.165) is 29.4 Å². The minimum Gasteiger partial charge on any atom is -0.385 e. The van der Waals surface area contributed by atoms with Gasteiger partial charge in [0.1, 0.15) is 5.82 Å². The van der Waals surface area contributed by atoms with Crippen molar-refractivity contribution in [3.8, 4) is 0 Å². The first-order valence-corrected chi connectivity index (χ1v) is 10.4. The predicted octanol–water partition coefficient (Wildman–Crippen LogP) is 6.75. The molecule has 0 spiro atoms. The Bertz CT molecular complexity index is 1070. The summed E-state index contributed by atoms with van der Waals surface area (Å²) in [7, 11) is 0. The van der Waals surface area contributed by atoms with E-state index in [1.807, 2.05) is 20.8 Å². The normalized spacial score (nSPS) is 16.3. The molecule has 3 rings (SSSR count). The Kier molecular flexibility index (Phi) is 6.96. The molecule has 1 unspecified atom stereocenters. The van der Waals surface area contributed by atoms with Crippen LogP contribution in [0.15, 0.2) is 72.1 Å². The van der Waals surface area contributed by atoms with Crippen molar-refractivity contribution in [1.29, 1.82) is 0 Å². The zero-order chi connectivity index (χ0) is 23.5. The van der Waals surface area contributed by atoms with Gasteiger partial charge in [0.05, 0.1) is 11.6 Å². The maximum atomic E-state index is 13.9. The number of benzene rings is 2. The number of allylic oxidation sites excluding steroid dienone is 2. The number of rotatable bonds is 7. The lowest BCUT2D eigenvalue weighted by atomic mass is 9.94. The van der Waals surface area contributed by atoms with Crippen LogP contribution in [-0.4, -0.2) is 6.54 Å². The molecule has 0 aliphatic carbocycles. The molecule has 3 nitrogen and oxygen atoms in total. The summed E-state index contributed by atoms with van der Waals surface area (Å²) in [6.07, 6.45) is -1.86. The van der Waals surface area contributed by atoms with E-state index >= 15 is 0 Å². The fourth-order valence-corrected chi connectivity index (χ4v) is 3.62. The van der Waals surface area contributed by atoms with Crippen LogP contribution in [0.3, 0.4) is 0 Å². The molecule has 3 N–H and O–H groups in total. The summed E-state index contributed by atoms with van der Waals surface area (Å²) in [5, 5.41) is 9.60. The highest BCUT2D eigenvalue weighted by atomic mass is 19.4. The van der Waals surface area contributed by atoms with E-state index in [-0.39, 0.29) is 5.56 Å². The van der Waals surface area contributed by atoms with Crippen molar-refractivity contribution in [3.63, 3.8) is 0 Å². The number of anilines is 1. The second kappa shape index (κ2) is 9.51. The minimum absolute atomic E-state index is 0.132. The average molecular weight is 446 g/mol. The summed E-state index contributed by atoms with van der Waals surface area (Å²) < 4.78 is 54.6. The molecule has 1 atom stereocenters. The van der Waals surface area contributed by atoms with Gasteiger partial charge in [0.2, 0.25) is 0 Å². The lowest BCUT2D eigenvalue weighted by Gasteiger charge is -2.29. The summed E-state index contributed by atoms with van der Waals surface area (Å²) in [6, 6.07) is 9.24. The summed E-state index contributed by atoms with van der Waals surface area (Å²) >= 11 is 0. The standard InChI is InChI=1S/C25H27F4N3/c1-5-12-30-22-11-10-18(26)13-20(22)17(4)32-23-14-24(31-16(3)15(23)2)19-8-6-7-9-21(19)25(27,28)29/h6-11,13-14,24,30-32H,4-5,12H2,1-3H3. The van der Waals surface area contributed by atoms with E-state index in [4.69, 9.17) is 0 Å². The average Bonchev–Trinajstić information content (AvgIpc) is 2.75. The third-order valence-electron chi connectivity index (χ3n) is 5.43. The van der Waals surface area contributed by atoms with Gasteiger partial charge in [0.15, 0.2) is 0 Å². The molecule has 1 heterocycles. The second-order valence-corrected chi connectivity index (χ2v) is 7.76. The van der Waals surface area contributed by atoms with E-state index in [9.17, 15) is 17.6 Å². The summed E-state index contributed by atoms with van der Waals surface area (Å²) in [5.41, 5.74) is 3.40. The van der Waals surface area contributed by atoms with Gasteiger partial charge in [-0.1, -0.05) is 31.7 Å². The quantitative estimate of drug-likeness (QED) is 0.413. The van der Waals surface area contributed by atoms with Crippen LogP contribution in [0.2, 0.25) is 0 Å². The molecule has 170 valence electrons. The molecular weight excluding hydrogens is 418 g/mol. The maximum absolute atomic E-state index is 13.9. The first-order chi connectivity index (χ1) is 15.1. The van der Waals surface area contributed by atoms with Gasteiger partial charge in [-0.3, -0.25) is 0 Å². The van der Waals surface area contributed by atoms with Gasteiger partial charge < -0.3 is 16.0 Å². The number of nitrogens with one attached hydrogen (secondary N) is 3. The van der Waals surface area contributed by atoms with Crippen molar-refractivity contribution in [1.82, 2.24) is 10.6 Å². The smallest absolute Gasteiger partial charge is 0.385 e. The first kappa shape index (κ1) is 23.4. The molecule has 0 amide bonds. The van der Waals surface area contributed by atoms with Gasteiger partial charge in [-0.2, -0.15) is 13.2 Å². The molecule has 0 fully saturated rings. The monoisotopic (exact) mass is 445 g/mol. The Balaban J connectivity index is 1.95. The lowest BCUT2D eigenvalue weighted by Crippen LogP contribution is -2.29. The number of dihydropyridines is 1. The SMILES string of the molecule is C=C(NC1=CC(c2ccccc2C(F)(F)F)NC(C)=C1C)c1cc(F)ccc1NCCC. The highest BCUT2D eigenvalue weighted by molar-refractivity contribution is 5.75.